The Kier molecular flexibility index (Phi) is 7.39. The van der Waals surface area contributed by atoms with E-state index in [2.05, 4.69) is 27.8 Å². The van der Waals surface area contributed by atoms with Gasteiger partial charge in [0.15, 0.2) is 5.11 Å². The Hall–Kier alpha value is -2.08. The van der Waals surface area contributed by atoms with Crippen molar-refractivity contribution in [2.75, 3.05) is 11.9 Å². The number of carbonyl (C=O) groups is 1. The number of benzene rings is 1. The largest absolute Gasteiger partial charge is 0.359 e. The van der Waals surface area contributed by atoms with Gasteiger partial charge in [-0.05, 0) is 50.7 Å². The highest BCUT2D eigenvalue weighted by molar-refractivity contribution is 7.80. The van der Waals surface area contributed by atoms with Gasteiger partial charge in [-0.25, -0.2) is 4.79 Å². The third-order valence-corrected chi connectivity index (χ3v) is 2.92. The molecule has 6 heteroatoms. The number of hydrogen-bond acceptors (Lipinski definition) is 2. The Morgan fingerprint density at radius 3 is 2.41 bits per heavy atom. The topological polar surface area (TPSA) is 65.2 Å². The molecule has 0 fully saturated rings. The number of thiocarbonyl (C=S) groups is 1. The van der Waals surface area contributed by atoms with E-state index in [9.17, 15) is 4.79 Å². The average Bonchev–Trinajstić information content (AvgIpc) is 2.43. The van der Waals surface area contributed by atoms with E-state index in [0.29, 0.717) is 18.2 Å². The molecule has 0 saturated heterocycles. The highest BCUT2D eigenvalue weighted by Crippen LogP contribution is 2.09. The number of urea groups is 1. The molecule has 0 radical (unpaired) electrons. The Balaban J connectivity index is 2.40. The van der Waals surface area contributed by atoms with Crippen LogP contribution in [0.15, 0.2) is 36.4 Å². The minimum atomic E-state index is -0.203. The van der Waals surface area contributed by atoms with Crippen molar-refractivity contribution in [3.05, 3.63) is 42.0 Å². The van der Waals surface area contributed by atoms with Crippen LogP contribution in [-0.4, -0.2) is 23.7 Å². The van der Waals surface area contributed by atoms with Gasteiger partial charge in [-0.1, -0.05) is 24.3 Å². The quantitative estimate of drug-likeness (QED) is 0.481. The van der Waals surface area contributed by atoms with E-state index in [1.54, 1.807) is 0 Å². The molecule has 0 aliphatic rings. The standard InChI is InChI=1S/C16H24N4OS/c1-11(2)9-17-16(22)18-10-13-5-7-14(8-6-13)20-15(21)19-12(3)4/h5-8,12H,1,9-10H2,2-4H3,(H2,17,18,22)(H2,19,20,21). The first-order valence-corrected chi connectivity index (χ1v) is 7.60. The fourth-order valence-corrected chi connectivity index (χ4v) is 1.76. The van der Waals surface area contributed by atoms with Crippen LogP contribution in [0.4, 0.5) is 10.5 Å². The van der Waals surface area contributed by atoms with Gasteiger partial charge in [0, 0.05) is 24.8 Å². The molecule has 0 heterocycles. The molecule has 0 aromatic heterocycles. The van der Waals surface area contributed by atoms with E-state index < -0.39 is 0 Å². The van der Waals surface area contributed by atoms with Crippen molar-refractivity contribution in [3.8, 4) is 0 Å². The summed E-state index contributed by atoms with van der Waals surface area (Å²) < 4.78 is 0. The summed E-state index contributed by atoms with van der Waals surface area (Å²) in [7, 11) is 0. The van der Waals surface area contributed by atoms with Gasteiger partial charge in [0.25, 0.3) is 0 Å². The highest BCUT2D eigenvalue weighted by Gasteiger charge is 2.03. The van der Waals surface area contributed by atoms with Crippen molar-refractivity contribution in [2.45, 2.75) is 33.4 Å². The lowest BCUT2D eigenvalue weighted by Gasteiger charge is -2.12. The summed E-state index contributed by atoms with van der Waals surface area (Å²) in [6, 6.07) is 7.52. The summed E-state index contributed by atoms with van der Waals surface area (Å²) in [5, 5.41) is 12.3. The molecule has 0 atom stereocenters. The third-order valence-electron chi connectivity index (χ3n) is 2.64. The van der Waals surface area contributed by atoms with Gasteiger partial charge in [0.05, 0.1) is 0 Å². The van der Waals surface area contributed by atoms with Gasteiger partial charge < -0.3 is 21.3 Å². The normalized spacial score (nSPS) is 10.0. The lowest BCUT2D eigenvalue weighted by molar-refractivity contribution is 0.250. The summed E-state index contributed by atoms with van der Waals surface area (Å²) in [4.78, 5) is 11.6. The Morgan fingerprint density at radius 1 is 1.23 bits per heavy atom. The first-order valence-electron chi connectivity index (χ1n) is 7.19. The van der Waals surface area contributed by atoms with Gasteiger partial charge in [0.1, 0.15) is 0 Å². The molecule has 2 amide bonds. The van der Waals surface area contributed by atoms with Crippen LogP contribution in [0, 0.1) is 0 Å². The second kappa shape index (κ2) is 9.04. The Labute approximate surface area is 137 Å². The van der Waals surface area contributed by atoms with Gasteiger partial charge in [-0.2, -0.15) is 0 Å². The van der Waals surface area contributed by atoms with E-state index in [0.717, 1.165) is 16.8 Å². The number of anilines is 1. The summed E-state index contributed by atoms with van der Waals surface area (Å²) in [5.74, 6) is 0. The molecule has 0 aliphatic heterocycles. The molecule has 5 nitrogen and oxygen atoms in total. The molecule has 4 N–H and O–H groups in total. The minimum absolute atomic E-state index is 0.108. The number of carbonyl (C=O) groups excluding carboxylic acids is 1. The zero-order valence-electron chi connectivity index (χ0n) is 13.3. The van der Waals surface area contributed by atoms with Crippen molar-refractivity contribution in [2.24, 2.45) is 0 Å². The van der Waals surface area contributed by atoms with Crippen molar-refractivity contribution in [1.82, 2.24) is 16.0 Å². The third kappa shape index (κ3) is 7.64. The lowest BCUT2D eigenvalue weighted by atomic mass is 10.2. The second-order valence-electron chi connectivity index (χ2n) is 5.44. The summed E-state index contributed by atoms with van der Waals surface area (Å²) in [5.41, 5.74) is 2.86. The van der Waals surface area contributed by atoms with E-state index in [1.165, 1.54) is 0 Å². The second-order valence-corrected chi connectivity index (χ2v) is 5.85. The summed E-state index contributed by atoms with van der Waals surface area (Å²) in [6.07, 6.45) is 0. The first kappa shape index (κ1) is 18.0. The van der Waals surface area contributed by atoms with Gasteiger partial charge >= 0.3 is 6.03 Å². The molecule has 1 rings (SSSR count). The van der Waals surface area contributed by atoms with Crippen LogP contribution in [0.3, 0.4) is 0 Å². The van der Waals surface area contributed by atoms with Crippen molar-refractivity contribution >= 4 is 29.0 Å². The number of nitrogens with one attached hydrogen (secondary N) is 4. The van der Waals surface area contributed by atoms with Crippen LogP contribution in [0.2, 0.25) is 0 Å². The molecule has 120 valence electrons. The Morgan fingerprint density at radius 2 is 1.86 bits per heavy atom. The van der Waals surface area contributed by atoms with Gasteiger partial charge in [-0.15, -0.1) is 0 Å². The number of rotatable bonds is 6. The molecular formula is C16H24N4OS. The maximum Gasteiger partial charge on any atom is 0.319 e. The zero-order valence-corrected chi connectivity index (χ0v) is 14.1. The predicted octanol–water partition coefficient (Wildman–Crippen LogP) is 2.76. The molecule has 1 aromatic carbocycles. The smallest absolute Gasteiger partial charge is 0.319 e. The maximum absolute atomic E-state index is 11.6. The van der Waals surface area contributed by atoms with Gasteiger partial charge in [0.2, 0.25) is 0 Å². The van der Waals surface area contributed by atoms with E-state index in [4.69, 9.17) is 12.2 Å². The van der Waals surface area contributed by atoms with Gasteiger partial charge in [-0.3, -0.25) is 0 Å². The fraction of sp³-hybridized carbons (Fsp3) is 0.375. The summed E-state index contributed by atoms with van der Waals surface area (Å²) >= 11 is 5.17. The first-order chi connectivity index (χ1) is 10.4. The van der Waals surface area contributed by atoms with Crippen LogP contribution in [0.1, 0.15) is 26.3 Å². The zero-order chi connectivity index (χ0) is 16.5. The molecule has 0 spiro atoms. The van der Waals surface area contributed by atoms with Crippen molar-refractivity contribution in [3.63, 3.8) is 0 Å². The molecule has 0 saturated carbocycles. The summed E-state index contributed by atoms with van der Waals surface area (Å²) in [6.45, 7) is 10.9. The van der Waals surface area contributed by atoms with Crippen molar-refractivity contribution < 1.29 is 4.79 Å². The molecule has 0 unspecified atom stereocenters. The fourth-order valence-electron chi connectivity index (χ4n) is 1.61. The number of hydrogen-bond donors (Lipinski definition) is 4. The number of amides is 2. The van der Waals surface area contributed by atoms with Crippen LogP contribution >= 0.6 is 12.2 Å². The van der Waals surface area contributed by atoms with Crippen LogP contribution in [-0.2, 0) is 6.54 Å². The van der Waals surface area contributed by atoms with E-state index in [1.807, 2.05) is 45.0 Å². The van der Waals surface area contributed by atoms with Crippen LogP contribution in [0.5, 0.6) is 0 Å². The monoisotopic (exact) mass is 320 g/mol. The lowest BCUT2D eigenvalue weighted by Crippen LogP contribution is -2.35. The highest BCUT2D eigenvalue weighted by atomic mass is 32.1. The SMILES string of the molecule is C=C(C)CNC(=S)NCc1ccc(NC(=O)NC(C)C)cc1. The maximum atomic E-state index is 11.6. The molecule has 22 heavy (non-hydrogen) atoms. The molecule has 1 aromatic rings. The molecule has 0 aliphatic carbocycles. The van der Waals surface area contributed by atoms with Crippen LogP contribution < -0.4 is 21.3 Å². The average molecular weight is 320 g/mol. The van der Waals surface area contributed by atoms with Crippen LogP contribution in [0.25, 0.3) is 0 Å². The molecular weight excluding hydrogens is 296 g/mol. The minimum Gasteiger partial charge on any atom is -0.359 e. The van der Waals surface area contributed by atoms with E-state index in [-0.39, 0.29) is 12.1 Å². The van der Waals surface area contributed by atoms with Crippen molar-refractivity contribution in [1.29, 1.82) is 0 Å². The predicted molar refractivity (Wildman–Crippen MR) is 96.0 cm³/mol. The molecule has 0 bridgehead atoms. The van der Waals surface area contributed by atoms with E-state index >= 15 is 0 Å². The Bertz CT molecular complexity index is 525.